The summed E-state index contributed by atoms with van der Waals surface area (Å²) in [6.07, 6.45) is 4.83. The van der Waals surface area contributed by atoms with Crippen LogP contribution in [0, 0.1) is 6.92 Å². The number of fused-ring (bicyclic) bond motifs is 2. The molecule has 2 saturated heterocycles. The van der Waals surface area contributed by atoms with Crippen LogP contribution < -0.4 is 4.90 Å². The molecular formula is C15H17BrClNO. The van der Waals surface area contributed by atoms with Crippen LogP contribution in [0.25, 0.3) is 0 Å². The fourth-order valence-corrected chi connectivity index (χ4v) is 4.22. The summed E-state index contributed by atoms with van der Waals surface area (Å²) in [6.45, 7) is 2.01. The third-order valence-electron chi connectivity index (χ3n) is 4.29. The van der Waals surface area contributed by atoms with Gasteiger partial charge in [0.2, 0.25) is 0 Å². The summed E-state index contributed by atoms with van der Waals surface area (Å²) in [7, 11) is 0. The Balaban J connectivity index is 2.01. The predicted octanol–water partition coefficient (Wildman–Crippen LogP) is 4.50. The maximum atomic E-state index is 11.8. The third-order valence-corrected chi connectivity index (χ3v) is 5.34. The van der Waals surface area contributed by atoms with Gasteiger partial charge >= 0.3 is 0 Å². The largest absolute Gasteiger partial charge is 0.364 e. The van der Waals surface area contributed by atoms with E-state index in [4.69, 9.17) is 11.6 Å². The topological polar surface area (TPSA) is 20.3 Å². The third kappa shape index (κ3) is 2.43. The quantitative estimate of drug-likeness (QED) is 0.749. The molecule has 2 nitrogen and oxygen atoms in total. The smallest absolute Gasteiger partial charge is 0.137 e. The van der Waals surface area contributed by atoms with Gasteiger partial charge in [-0.1, -0.05) is 11.6 Å². The minimum atomic E-state index is 0.357. The molecule has 102 valence electrons. The van der Waals surface area contributed by atoms with Gasteiger partial charge in [-0.05, 0) is 59.8 Å². The molecule has 2 fully saturated rings. The van der Waals surface area contributed by atoms with E-state index in [-0.39, 0.29) is 0 Å². The molecule has 2 unspecified atom stereocenters. The number of ketones is 1. The first kappa shape index (κ1) is 13.4. The van der Waals surface area contributed by atoms with Crippen LogP contribution in [0.3, 0.4) is 0 Å². The van der Waals surface area contributed by atoms with E-state index < -0.39 is 0 Å². The number of Topliss-reactive ketones (excluding diaryl/α,β-unsaturated/α-hetero) is 1. The van der Waals surface area contributed by atoms with Crippen LogP contribution >= 0.6 is 27.5 Å². The number of carbonyl (C=O) groups is 1. The molecule has 0 radical (unpaired) electrons. The lowest BCUT2D eigenvalue weighted by atomic mass is 9.83. The van der Waals surface area contributed by atoms with Gasteiger partial charge in [0, 0.05) is 34.4 Å². The molecule has 1 aromatic carbocycles. The summed E-state index contributed by atoms with van der Waals surface area (Å²) in [5.74, 6) is 0.417. The molecule has 2 heterocycles. The maximum Gasteiger partial charge on any atom is 0.137 e. The number of benzene rings is 1. The lowest BCUT2D eigenvalue weighted by molar-refractivity contribution is -0.121. The minimum absolute atomic E-state index is 0.357. The van der Waals surface area contributed by atoms with Crippen LogP contribution in [0.5, 0.6) is 0 Å². The van der Waals surface area contributed by atoms with Crippen molar-refractivity contribution in [3.05, 3.63) is 27.2 Å². The molecule has 2 atom stereocenters. The van der Waals surface area contributed by atoms with Crippen molar-refractivity contribution in [1.29, 1.82) is 0 Å². The van der Waals surface area contributed by atoms with E-state index in [2.05, 4.69) is 26.9 Å². The van der Waals surface area contributed by atoms with Crippen molar-refractivity contribution in [3.8, 4) is 0 Å². The Morgan fingerprint density at radius 3 is 2.53 bits per heavy atom. The molecule has 0 N–H and O–H groups in total. The fraction of sp³-hybridized carbons (Fsp3) is 0.533. The fourth-order valence-electron chi connectivity index (χ4n) is 3.40. The minimum Gasteiger partial charge on any atom is -0.364 e. The van der Waals surface area contributed by atoms with E-state index in [1.165, 1.54) is 6.42 Å². The number of rotatable bonds is 1. The van der Waals surface area contributed by atoms with Crippen molar-refractivity contribution in [2.75, 3.05) is 4.90 Å². The Morgan fingerprint density at radius 1 is 1.26 bits per heavy atom. The predicted molar refractivity (Wildman–Crippen MR) is 82.0 cm³/mol. The van der Waals surface area contributed by atoms with Gasteiger partial charge in [-0.2, -0.15) is 0 Å². The highest BCUT2D eigenvalue weighted by atomic mass is 79.9. The van der Waals surface area contributed by atoms with Gasteiger partial charge in [-0.3, -0.25) is 4.79 Å². The van der Waals surface area contributed by atoms with Gasteiger partial charge < -0.3 is 4.90 Å². The standard InChI is InChI=1S/C15H17BrClNO/c1-9-5-13(16)15(8-14(9)17)18-10-3-2-4-11(18)7-12(19)6-10/h5,8,10-11H,2-4,6-7H2,1H3. The van der Waals surface area contributed by atoms with E-state index in [0.29, 0.717) is 30.7 Å². The highest BCUT2D eigenvalue weighted by Gasteiger charge is 2.38. The first-order valence-corrected chi connectivity index (χ1v) is 7.99. The van der Waals surface area contributed by atoms with E-state index in [0.717, 1.165) is 33.6 Å². The molecule has 4 heteroatoms. The van der Waals surface area contributed by atoms with Crippen molar-refractivity contribution in [3.63, 3.8) is 0 Å². The first-order valence-electron chi connectivity index (χ1n) is 6.82. The second-order valence-corrected chi connectivity index (χ2v) is 6.91. The Labute approximate surface area is 127 Å². The van der Waals surface area contributed by atoms with Crippen molar-refractivity contribution < 1.29 is 4.79 Å². The van der Waals surface area contributed by atoms with Gasteiger partial charge in [0.1, 0.15) is 5.78 Å². The average molecular weight is 343 g/mol. The Bertz CT molecular complexity index is 515. The highest BCUT2D eigenvalue weighted by Crippen LogP contribution is 2.41. The molecule has 2 aliphatic heterocycles. The summed E-state index contributed by atoms with van der Waals surface area (Å²) in [4.78, 5) is 14.2. The zero-order valence-electron chi connectivity index (χ0n) is 11.0. The van der Waals surface area contributed by atoms with Gasteiger partial charge in [0.05, 0.1) is 5.69 Å². The molecule has 0 amide bonds. The van der Waals surface area contributed by atoms with Gasteiger partial charge in [0.25, 0.3) is 0 Å². The van der Waals surface area contributed by atoms with Crippen LogP contribution in [0.1, 0.15) is 37.7 Å². The normalized spacial score (nSPS) is 26.7. The number of anilines is 1. The number of aryl methyl sites for hydroxylation is 1. The van der Waals surface area contributed by atoms with Crippen molar-refractivity contribution >= 4 is 39.0 Å². The number of nitrogens with zero attached hydrogens (tertiary/aromatic N) is 1. The lowest BCUT2D eigenvalue weighted by Crippen LogP contribution is -2.52. The number of hydrogen-bond acceptors (Lipinski definition) is 2. The number of hydrogen-bond donors (Lipinski definition) is 0. The molecule has 0 saturated carbocycles. The van der Waals surface area contributed by atoms with Crippen LogP contribution in [-0.4, -0.2) is 17.9 Å². The second-order valence-electron chi connectivity index (χ2n) is 5.65. The number of halogens is 2. The van der Waals surface area contributed by atoms with Gasteiger partial charge in [0.15, 0.2) is 0 Å². The molecule has 0 aliphatic carbocycles. The zero-order valence-corrected chi connectivity index (χ0v) is 13.3. The van der Waals surface area contributed by atoms with Crippen molar-refractivity contribution in [2.24, 2.45) is 0 Å². The highest BCUT2D eigenvalue weighted by molar-refractivity contribution is 9.10. The Kier molecular flexibility index (Phi) is 3.61. The Morgan fingerprint density at radius 2 is 1.89 bits per heavy atom. The molecule has 1 aromatic rings. The zero-order chi connectivity index (χ0) is 13.6. The monoisotopic (exact) mass is 341 g/mol. The summed E-state index contributed by atoms with van der Waals surface area (Å²) in [5.41, 5.74) is 2.23. The molecule has 3 rings (SSSR count). The van der Waals surface area contributed by atoms with Crippen LogP contribution in [0.2, 0.25) is 5.02 Å². The van der Waals surface area contributed by atoms with Crippen LogP contribution in [0.4, 0.5) is 5.69 Å². The van der Waals surface area contributed by atoms with E-state index in [1.54, 1.807) is 0 Å². The van der Waals surface area contributed by atoms with Crippen molar-refractivity contribution in [2.45, 2.75) is 51.1 Å². The van der Waals surface area contributed by atoms with Gasteiger partial charge in [-0.25, -0.2) is 0 Å². The molecular weight excluding hydrogens is 326 g/mol. The number of piperidine rings is 2. The summed E-state index contributed by atoms with van der Waals surface area (Å²) in [5, 5.41) is 0.799. The maximum absolute atomic E-state index is 11.8. The molecule has 2 bridgehead atoms. The summed E-state index contributed by atoms with van der Waals surface area (Å²) < 4.78 is 1.08. The Hall–Kier alpha value is -0.540. The SMILES string of the molecule is Cc1cc(Br)c(N2C3CCCC2CC(=O)C3)cc1Cl. The first-order chi connectivity index (χ1) is 9.06. The average Bonchev–Trinajstić information content (AvgIpc) is 2.33. The van der Waals surface area contributed by atoms with Crippen molar-refractivity contribution in [1.82, 2.24) is 0 Å². The molecule has 19 heavy (non-hydrogen) atoms. The molecule has 0 spiro atoms. The van der Waals surface area contributed by atoms with E-state index in [1.807, 2.05) is 13.0 Å². The molecule has 2 aliphatic rings. The molecule has 0 aromatic heterocycles. The summed E-state index contributed by atoms with van der Waals surface area (Å²) in [6, 6.07) is 4.83. The lowest BCUT2D eigenvalue weighted by Gasteiger charge is -2.47. The van der Waals surface area contributed by atoms with Crippen LogP contribution in [0.15, 0.2) is 16.6 Å². The van der Waals surface area contributed by atoms with Crippen LogP contribution in [-0.2, 0) is 4.79 Å². The van der Waals surface area contributed by atoms with Gasteiger partial charge in [-0.15, -0.1) is 0 Å². The van der Waals surface area contributed by atoms with E-state index >= 15 is 0 Å². The number of carbonyl (C=O) groups excluding carboxylic acids is 1. The van der Waals surface area contributed by atoms with E-state index in [9.17, 15) is 4.79 Å². The second kappa shape index (κ2) is 5.10. The summed E-state index contributed by atoms with van der Waals surface area (Å²) >= 11 is 9.93.